The maximum atomic E-state index is 13.2. The summed E-state index contributed by atoms with van der Waals surface area (Å²) in [7, 11) is 0.0269. The standard InChI is InChI=1S/C26H35N5O3S2/c1-8-17(2)22(30-36(33,34)21-15-11-19(12-16-21)26(3,4)5)23(32)27-25-29-28-24(35-25)18-9-13-20(14-10-18)31(6)7/h9-17,22,30H,8H2,1-7H3,(H,27,29,32)/t17-,22+/m0/s1. The van der Waals surface area contributed by atoms with Crippen molar-refractivity contribution in [1.29, 1.82) is 0 Å². The van der Waals surface area contributed by atoms with Crippen molar-refractivity contribution in [2.45, 2.75) is 57.4 Å². The van der Waals surface area contributed by atoms with Gasteiger partial charge in [-0.1, -0.05) is 64.5 Å². The summed E-state index contributed by atoms with van der Waals surface area (Å²) in [6, 6.07) is 13.7. The molecule has 1 amide bonds. The van der Waals surface area contributed by atoms with Crippen LogP contribution in [0.4, 0.5) is 10.8 Å². The second-order valence-corrected chi connectivity index (χ2v) is 12.8. The normalized spacial score (nSPS) is 13.8. The minimum absolute atomic E-state index is 0.0934. The number of carbonyl (C=O) groups excluding carboxylic acids is 1. The van der Waals surface area contributed by atoms with Crippen LogP contribution in [0.5, 0.6) is 0 Å². The molecule has 0 aliphatic rings. The Bertz CT molecular complexity index is 1280. The Balaban J connectivity index is 1.76. The number of hydrogen-bond acceptors (Lipinski definition) is 7. The van der Waals surface area contributed by atoms with Gasteiger partial charge in [-0.3, -0.25) is 10.1 Å². The van der Waals surface area contributed by atoms with Gasteiger partial charge in [0.25, 0.3) is 0 Å². The summed E-state index contributed by atoms with van der Waals surface area (Å²) >= 11 is 1.24. The summed E-state index contributed by atoms with van der Waals surface area (Å²) in [4.78, 5) is 15.3. The van der Waals surface area contributed by atoms with Gasteiger partial charge in [0.1, 0.15) is 11.0 Å². The van der Waals surface area contributed by atoms with Crippen LogP contribution >= 0.6 is 11.3 Å². The third kappa shape index (κ3) is 6.68. The van der Waals surface area contributed by atoms with Crippen LogP contribution in [-0.2, 0) is 20.2 Å². The molecule has 36 heavy (non-hydrogen) atoms. The lowest BCUT2D eigenvalue weighted by atomic mass is 9.87. The lowest BCUT2D eigenvalue weighted by molar-refractivity contribution is -0.118. The van der Waals surface area contributed by atoms with Crippen LogP contribution in [0, 0.1) is 5.92 Å². The third-order valence-electron chi connectivity index (χ3n) is 6.09. The van der Waals surface area contributed by atoms with E-state index in [0.717, 1.165) is 16.8 Å². The number of rotatable bonds is 9. The third-order valence-corrected chi connectivity index (χ3v) is 8.44. The topological polar surface area (TPSA) is 104 Å². The molecular weight excluding hydrogens is 494 g/mol. The Morgan fingerprint density at radius 2 is 1.64 bits per heavy atom. The molecule has 2 N–H and O–H groups in total. The average Bonchev–Trinajstić information content (AvgIpc) is 3.30. The van der Waals surface area contributed by atoms with Crippen molar-refractivity contribution in [3.05, 3.63) is 54.1 Å². The largest absolute Gasteiger partial charge is 0.378 e. The quantitative estimate of drug-likeness (QED) is 0.409. The van der Waals surface area contributed by atoms with E-state index in [0.29, 0.717) is 16.6 Å². The van der Waals surface area contributed by atoms with E-state index in [2.05, 4.69) is 41.0 Å². The first-order valence-corrected chi connectivity index (χ1v) is 14.2. The van der Waals surface area contributed by atoms with Crippen molar-refractivity contribution in [3.63, 3.8) is 0 Å². The molecule has 0 aliphatic heterocycles. The molecule has 0 fully saturated rings. The van der Waals surface area contributed by atoms with E-state index in [4.69, 9.17) is 0 Å². The Morgan fingerprint density at radius 1 is 1.03 bits per heavy atom. The van der Waals surface area contributed by atoms with Crippen molar-refractivity contribution in [2.75, 3.05) is 24.3 Å². The molecule has 3 rings (SSSR count). The molecule has 1 heterocycles. The lowest BCUT2D eigenvalue weighted by Gasteiger charge is -2.23. The Morgan fingerprint density at radius 3 is 2.17 bits per heavy atom. The minimum atomic E-state index is -3.91. The first-order valence-electron chi connectivity index (χ1n) is 11.9. The Labute approximate surface area is 218 Å². The summed E-state index contributed by atoms with van der Waals surface area (Å²) in [5.41, 5.74) is 2.88. The van der Waals surface area contributed by atoms with Gasteiger partial charge in [-0.2, -0.15) is 4.72 Å². The van der Waals surface area contributed by atoms with E-state index in [9.17, 15) is 13.2 Å². The second kappa shape index (κ2) is 11.1. The smallest absolute Gasteiger partial charge is 0.244 e. The van der Waals surface area contributed by atoms with E-state index < -0.39 is 22.0 Å². The summed E-state index contributed by atoms with van der Waals surface area (Å²) in [6.45, 7) is 9.95. The molecule has 0 aliphatic carbocycles. The number of amides is 1. The molecule has 1 aromatic heterocycles. The number of anilines is 2. The number of sulfonamides is 1. The van der Waals surface area contributed by atoms with Gasteiger partial charge >= 0.3 is 0 Å². The Kier molecular flexibility index (Phi) is 8.53. The fourth-order valence-corrected chi connectivity index (χ4v) is 5.56. The second-order valence-electron chi connectivity index (χ2n) is 10.1. The van der Waals surface area contributed by atoms with Gasteiger partial charge in [0.05, 0.1) is 4.90 Å². The van der Waals surface area contributed by atoms with E-state index >= 15 is 0 Å². The molecule has 8 nitrogen and oxygen atoms in total. The van der Waals surface area contributed by atoms with E-state index in [1.807, 2.05) is 57.1 Å². The molecule has 0 saturated heterocycles. The molecule has 2 atom stereocenters. The average molecular weight is 530 g/mol. The highest BCUT2D eigenvalue weighted by atomic mass is 32.2. The summed E-state index contributed by atoms with van der Waals surface area (Å²) in [5.74, 6) is -0.704. The molecule has 0 radical (unpaired) electrons. The van der Waals surface area contributed by atoms with E-state index in [-0.39, 0.29) is 16.2 Å². The maximum absolute atomic E-state index is 13.2. The summed E-state index contributed by atoms with van der Waals surface area (Å²) in [5, 5.41) is 12.0. The van der Waals surface area contributed by atoms with Crippen molar-refractivity contribution < 1.29 is 13.2 Å². The van der Waals surface area contributed by atoms with Crippen LogP contribution in [0.1, 0.15) is 46.6 Å². The SMILES string of the molecule is CC[C@H](C)[C@@H](NS(=O)(=O)c1ccc(C(C)(C)C)cc1)C(=O)Nc1nnc(-c2ccc(N(C)C)cc2)s1. The molecule has 194 valence electrons. The lowest BCUT2D eigenvalue weighted by Crippen LogP contribution is -2.47. The number of nitrogens with zero attached hydrogens (tertiary/aromatic N) is 3. The fraction of sp³-hybridized carbons (Fsp3) is 0.423. The summed E-state index contributed by atoms with van der Waals surface area (Å²) < 4.78 is 28.9. The van der Waals surface area contributed by atoms with Crippen molar-refractivity contribution >= 4 is 38.1 Å². The number of hydrogen-bond donors (Lipinski definition) is 2. The predicted molar refractivity (Wildman–Crippen MR) is 147 cm³/mol. The zero-order chi connectivity index (χ0) is 26.7. The molecular formula is C26H35N5O3S2. The van der Waals surface area contributed by atoms with Gasteiger partial charge in [0.2, 0.25) is 21.1 Å². The van der Waals surface area contributed by atoms with Crippen LogP contribution < -0.4 is 14.9 Å². The first-order chi connectivity index (χ1) is 16.8. The molecule has 3 aromatic rings. The van der Waals surface area contributed by atoms with Crippen LogP contribution in [0.2, 0.25) is 0 Å². The van der Waals surface area contributed by atoms with Gasteiger partial charge in [-0.05, 0) is 53.3 Å². The molecule has 0 unspecified atom stereocenters. The number of benzene rings is 2. The highest BCUT2D eigenvalue weighted by Crippen LogP contribution is 2.28. The Hall–Kier alpha value is -2.82. The minimum Gasteiger partial charge on any atom is -0.378 e. The highest BCUT2D eigenvalue weighted by molar-refractivity contribution is 7.89. The zero-order valence-electron chi connectivity index (χ0n) is 21.9. The van der Waals surface area contributed by atoms with Gasteiger partial charge in [-0.25, -0.2) is 8.42 Å². The van der Waals surface area contributed by atoms with Crippen LogP contribution in [0.25, 0.3) is 10.6 Å². The fourth-order valence-electron chi connectivity index (χ4n) is 3.51. The predicted octanol–water partition coefficient (Wildman–Crippen LogP) is 4.90. The van der Waals surface area contributed by atoms with Crippen molar-refractivity contribution in [2.24, 2.45) is 5.92 Å². The molecule has 0 spiro atoms. The van der Waals surface area contributed by atoms with Gasteiger partial charge < -0.3 is 4.90 Å². The van der Waals surface area contributed by atoms with Gasteiger partial charge in [0, 0.05) is 25.3 Å². The van der Waals surface area contributed by atoms with Gasteiger partial charge in [-0.15, -0.1) is 10.2 Å². The van der Waals surface area contributed by atoms with Crippen LogP contribution in [0.15, 0.2) is 53.4 Å². The first kappa shape index (κ1) is 27.8. The molecule has 2 aromatic carbocycles. The monoisotopic (exact) mass is 529 g/mol. The maximum Gasteiger partial charge on any atom is 0.244 e. The highest BCUT2D eigenvalue weighted by Gasteiger charge is 2.30. The van der Waals surface area contributed by atoms with Crippen LogP contribution in [-0.4, -0.2) is 44.7 Å². The number of aromatic nitrogens is 2. The van der Waals surface area contributed by atoms with E-state index in [1.165, 1.54) is 11.3 Å². The molecule has 10 heteroatoms. The summed E-state index contributed by atoms with van der Waals surface area (Å²) in [6.07, 6.45) is 0.614. The molecule has 0 saturated carbocycles. The van der Waals surface area contributed by atoms with Crippen molar-refractivity contribution in [3.8, 4) is 10.6 Å². The molecule has 0 bridgehead atoms. The number of nitrogens with one attached hydrogen (secondary N) is 2. The number of carbonyl (C=O) groups is 1. The van der Waals surface area contributed by atoms with E-state index in [1.54, 1.807) is 24.3 Å². The zero-order valence-corrected chi connectivity index (χ0v) is 23.5. The van der Waals surface area contributed by atoms with Crippen LogP contribution in [0.3, 0.4) is 0 Å². The van der Waals surface area contributed by atoms with Gasteiger partial charge in [0.15, 0.2) is 0 Å². The van der Waals surface area contributed by atoms with Crippen molar-refractivity contribution in [1.82, 2.24) is 14.9 Å².